The van der Waals surface area contributed by atoms with Crippen molar-refractivity contribution in [3.8, 4) is 0 Å². The predicted molar refractivity (Wildman–Crippen MR) is 57.2 cm³/mol. The molecule has 1 aliphatic heterocycles. The molecule has 1 heterocycles. The van der Waals surface area contributed by atoms with Crippen molar-refractivity contribution in [2.75, 3.05) is 6.61 Å². The van der Waals surface area contributed by atoms with Crippen LogP contribution >= 0.6 is 0 Å². The maximum Gasteiger partial charge on any atom is 0.199 e. The Morgan fingerprint density at radius 1 is 1.33 bits per heavy atom. The average molecular weight is 224 g/mol. The molecular formula is C11H12O3S. The van der Waals surface area contributed by atoms with Crippen LogP contribution in [0.3, 0.4) is 0 Å². The molecule has 1 aromatic rings. The molecule has 80 valence electrons. The van der Waals surface area contributed by atoms with E-state index in [0.717, 1.165) is 5.56 Å². The number of hydrogen-bond donors (Lipinski definition) is 0. The number of sulfone groups is 1. The van der Waals surface area contributed by atoms with Crippen LogP contribution in [0.1, 0.15) is 5.56 Å². The van der Waals surface area contributed by atoms with E-state index >= 15 is 0 Å². The summed E-state index contributed by atoms with van der Waals surface area (Å²) < 4.78 is 28.4. The minimum atomic E-state index is -3.29. The van der Waals surface area contributed by atoms with E-state index in [1.165, 1.54) is 5.41 Å². The van der Waals surface area contributed by atoms with Gasteiger partial charge >= 0.3 is 0 Å². The molecule has 15 heavy (non-hydrogen) atoms. The smallest absolute Gasteiger partial charge is 0.199 e. The second-order valence-electron chi connectivity index (χ2n) is 3.56. The lowest BCUT2D eigenvalue weighted by Gasteiger charge is -1.98. The summed E-state index contributed by atoms with van der Waals surface area (Å²) in [6.45, 7) is 2.55. The van der Waals surface area contributed by atoms with Gasteiger partial charge in [0.2, 0.25) is 0 Å². The fraction of sp³-hybridized carbons (Fsp3) is 0.273. The first-order chi connectivity index (χ1) is 7.08. The molecule has 1 atom stereocenters. The van der Waals surface area contributed by atoms with Crippen LogP contribution < -0.4 is 0 Å². The molecule has 0 amide bonds. The Morgan fingerprint density at radius 3 is 2.47 bits per heavy atom. The number of rotatable bonds is 3. The van der Waals surface area contributed by atoms with Gasteiger partial charge in [-0.05, 0) is 25.1 Å². The van der Waals surface area contributed by atoms with E-state index in [-0.39, 0.29) is 6.10 Å². The number of benzene rings is 1. The molecule has 3 nitrogen and oxygen atoms in total. The van der Waals surface area contributed by atoms with Crippen molar-refractivity contribution in [3.05, 3.63) is 41.3 Å². The highest BCUT2D eigenvalue weighted by Gasteiger charge is 2.20. The first kappa shape index (κ1) is 10.4. The molecule has 0 aromatic heterocycles. The molecule has 0 bridgehead atoms. The lowest BCUT2D eigenvalue weighted by atomic mass is 10.2. The predicted octanol–water partition coefficient (Wildman–Crippen LogP) is 1.68. The van der Waals surface area contributed by atoms with E-state index in [9.17, 15) is 8.42 Å². The highest BCUT2D eigenvalue weighted by atomic mass is 32.2. The van der Waals surface area contributed by atoms with Gasteiger partial charge in [0.15, 0.2) is 9.84 Å². The summed E-state index contributed by atoms with van der Waals surface area (Å²) >= 11 is 0. The maximum atomic E-state index is 11.7. The Morgan fingerprint density at radius 2 is 1.93 bits per heavy atom. The summed E-state index contributed by atoms with van der Waals surface area (Å²) in [6.07, 6.45) is 1.57. The fourth-order valence-corrected chi connectivity index (χ4v) is 2.22. The number of epoxide rings is 1. The van der Waals surface area contributed by atoms with Crippen LogP contribution in [0.25, 0.3) is 0 Å². The molecule has 0 spiro atoms. The Hall–Kier alpha value is -1.13. The van der Waals surface area contributed by atoms with Crippen molar-refractivity contribution in [2.45, 2.75) is 17.9 Å². The van der Waals surface area contributed by atoms with Crippen molar-refractivity contribution in [1.29, 1.82) is 0 Å². The first-order valence-corrected chi connectivity index (χ1v) is 6.24. The quantitative estimate of drug-likeness (QED) is 0.734. The lowest BCUT2D eigenvalue weighted by molar-refractivity contribution is 0.440. The molecule has 0 radical (unpaired) electrons. The average Bonchev–Trinajstić information content (AvgIpc) is 2.99. The Labute approximate surface area is 89.3 Å². The summed E-state index contributed by atoms with van der Waals surface area (Å²) in [5.74, 6) is 0. The lowest BCUT2D eigenvalue weighted by Crippen LogP contribution is -1.96. The third-order valence-corrected chi connectivity index (χ3v) is 3.63. The molecular weight excluding hydrogens is 212 g/mol. The van der Waals surface area contributed by atoms with Gasteiger partial charge in [-0.15, -0.1) is 0 Å². The minimum Gasteiger partial charge on any atom is -0.369 e. The molecule has 1 aromatic carbocycles. The summed E-state index contributed by atoms with van der Waals surface area (Å²) in [4.78, 5) is 0.324. The van der Waals surface area contributed by atoms with Crippen molar-refractivity contribution < 1.29 is 13.2 Å². The van der Waals surface area contributed by atoms with E-state index in [0.29, 0.717) is 11.5 Å². The molecule has 0 aliphatic carbocycles. The van der Waals surface area contributed by atoms with Crippen molar-refractivity contribution in [1.82, 2.24) is 0 Å². The zero-order chi connectivity index (χ0) is 10.9. The summed E-state index contributed by atoms with van der Waals surface area (Å²) in [5, 5.41) is 1.22. The molecule has 2 rings (SSSR count). The van der Waals surface area contributed by atoms with Crippen molar-refractivity contribution in [3.63, 3.8) is 0 Å². The van der Waals surface area contributed by atoms with Gasteiger partial charge in [-0.3, -0.25) is 0 Å². The molecule has 1 saturated heterocycles. The highest BCUT2D eigenvalue weighted by Crippen LogP contribution is 2.16. The van der Waals surface area contributed by atoms with Crippen LogP contribution in [0.5, 0.6) is 0 Å². The van der Waals surface area contributed by atoms with Gasteiger partial charge in [-0.1, -0.05) is 17.7 Å². The fourth-order valence-electron chi connectivity index (χ4n) is 1.16. The Balaban J connectivity index is 2.24. The van der Waals surface area contributed by atoms with Crippen LogP contribution in [-0.2, 0) is 14.6 Å². The zero-order valence-electron chi connectivity index (χ0n) is 8.38. The third-order valence-electron chi connectivity index (χ3n) is 2.18. The van der Waals surface area contributed by atoms with E-state index < -0.39 is 9.84 Å². The molecule has 1 aliphatic rings. The van der Waals surface area contributed by atoms with E-state index in [4.69, 9.17) is 4.74 Å². The number of ether oxygens (including phenoxy) is 1. The Bertz CT molecular complexity index is 467. The number of aryl methyl sites for hydroxylation is 1. The molecule has 1 fully saturated rings. The van der Waals surface area contributed by atoms with Crippen LogP contribution in [0.15, 0.2) is 40.6 Å². The van der Waals surface area contributed by atoms with E-state index in [1.54, 1.807) is 30.3 Å². The van der Waals surface area contributed by atoms with Gasteiger partial charge in [-0.25, -0.2) is 8.42 Å². The standard InChI is InChI=1S/C11H12O3S/c1-9-2-4-11(5-3-9)15(12,13)7-6-10-8-14-10/h2-7,10H,8H2,1H3/b7-6+. The van der Waals surface area contributed by atoms with Crippen LogP contribution in [0.2, 0.25) is 0 Å². The van der Waals surface area contributed by atoms with Gasteiger partial charge in [0, 0.05) is 5.41 Å². The van der Waals surface area contributed by atoms with E-state index in [2.05, 4.69) is 0 Å². The summed E-state index contributed by atoms with van der Waals surface area (Å²) in [7, 11) is -3.29. The molecule has 0 N–H and O–H groups in total. The number of hydrogen-bond acceptors (Lipinski definition) is 3. The van der Waals surface area contributed by atoms with Crippen LogP contribution in [-0.4, -0.2) is 21.1 Å². The molecule has 4 heteroatoms. The van der Waals surface area contributed by atoms with Gasteiger partial charge < -0.3 is 4.74 Å². The topological polar surface area (TPSA) is 46.7 Å². The minimum absolute atomic E-state index is 0.00905. The van der Waals surface area contributed by atoms with Crippen molar-refractivity contribution in [2.24, 2.45) is 0 Å². The SMILES string of the molecule is Cc1ccc(S(=O)(=O)/C=C/C2CO2)cc1. The normalized spacial score (nSPS) is 20.7. The van der Waals surface area contributed by atoms with Crippen LogP contribution in [0.4, 0.5) is 0 Å². The molecule has 1 unspecified atom stereocenters. The third kappa shape index (κ3) is 2.67. The van der Waals surface area contributed by atoms with Gasteiger partial charge in [0.1, 0.15) is 6.10 Å². The molecule has 0 saturated carbocycles. The van der Waals surface area contributed by atoms with Gasteiger partial charge in [-0.2, -0.15) is 0 Å². The van der Waals surface area contributed by atoms with Crippen molar-refractivity contribution >= 4 is 9.84 Å². The highest BCUT2D eigenvalue weighted by molar-refractivity contribution is 7.94. The zero-order valence-corrected chi connectivity index (χ0v) is 9.20. The second-order valence-corrected chi connectivity index (χ2v) is 5.39. The van der Waals surface area contributed by atoms with Gasteiger partial charge in [0.05, 0.1) is 11.5 Å². The summed E-state index contributed by atoms with van der Waals surface area (Å²) in [5.41, 5.74) is 1.04. The second kappa shape index (κ2) is 3.79. The first-order valence-electron chi connectivity index (χ1n) is 4.69. The van der Waals surface area contributed by atoms with E-state index in [1.807, 2.05) is 6.92 Å². The maximum absolute atomic E-state index is 11.7. The monoisotopic (exact) mass is 224 g/mol. The largest absolute Gasteiger partial charge is 0.369 e. The van der Waals surface area contributed by atoms with Crippen LogP contribution in [0, 0.1) is 6.92 Å². The Kier molecular flexibility index (Phi) is 2.63. The van der Waals surface area contributed by atoms with Gasteiger partial charge in [0.25, 0.3) is 0 Å². The summed E-state index contributed by atoms with van der Waals surface area (Å²) in [6, 6.07) is 6.80.